The van der Waals surface area contributed by atoms with Gasteiger partial charge in [0.2, 0.25) is 21.8 Å². The number of amides is 2. The minimum Gasteiger partial charge on any atom is -0.326 e. The molecule has 2 aromatic carbocycles. The third-order valence-electron chi connectivity index (χ3n) is 6.34. The summed E-state index contributed by atoms with van der Waals surface area (Å²) in [4.78, 5) is 27.0. The molecular formula is C24H29N3O4S. The fraction of sp³-hybridized carbons (Fsp3) is 0.417. The summed E-state index contributed by atoms with van der Waals surface area (Å²) in [7, 11) is -3.54. The smallest absolute Gasteiger partial charge is 0.243 e. The lowest BCUT2D eigenvalue weighted by Crippen LogP contribution is -2.37. The molecule has 7 nitrogen and oxygen atoms in total. The van der Waals surface area contributed by atoms with Gasteiger partial charge in [0.15, 0.2) is 0 Å². The van der Waals surface area contributed by atoms with Crippen molar-refractivity contribution in [1.29, 1.82) is 0 Å². The van der Waals surface area contributed by atoms with E-state index in [2.05, 4.69) is 12.2 Å². The number of hydrogen-bond acceptors (Lipinski definition) is 4. The molecule has 2 aromatic rings. The van der Waals surface area contributed by atoms with Crippen LogP contribution < -0.4 is 10.2 Å². The second kappa shape index (κ2) is 9.03. The van der Waals surface area contributed by atoms with E-state index in [1.807, 2.05) is 31.2 Å². The summed E-state index contributed by atoms with van der Waals surface area (Å²) in [5.74, 6) is -0.249. The lowest BCUT2D eigenvalue weighted by Gasteiger charge is -2.29. The summed E-state index contributed by atoms with van der Waals surface area (Å²) in [6.07, 6.45) is 1.86. The molecule has 0 spiro atoms. The van der Waals surface area contributed by atoms with E-state index in [4.69, 9.17) is 0 Å². The molecule has 0 bridgehead atoms. The van der Waals surface area contributed by atoms with E-state index in [1.165, 1.54) is 4.31 Å². The maximum atomic E-state index is 12.9. The van der Waals surface area contributed by atoms with E-state index >= 15 is 0 Å². The molecular weight excluding hydrogens is 426 g/mol. The fourth-order valence-electron chi connectivity index (χ4n) is 4.19. The Morgan fingerprint density at radius 3 is 2.25 bits per heavy atom. The van der Waals surface area contributed by atoms with Crippen LogP contribution in [0.25, 0.3) is 0 Å². The number of sulfonamides is 1. The van der Waals surface area contributed by atoms with E-state index < -0.39 is 15.9 Å². The molecule has 4 rings (SSSR count). The molecule has 0 aromatic heterocycles. The monoisotopic (exact) mass is 455 g/mol. The second-order valence-corrected chi connectivity index (χ2v) is 10.8. The van der Waals surface area contributed by atoms with Crippen LogP contribution in [-0.4, -0.2) is 44.2 Å². The zero-order chi connectivity index (χ0) is 22.9. The fourth-order valence-corrected chi connectivity index (χ4v) is 5.66. The highest BCUT2D eigenvalue weighted by molar-refractivity contribution is 7.89. The van der Waals surface area contributed by atoms with Crippen molar-refractivity contribution < 1.29 is 18.0 Å². The molecule has 2 heterocycles. The highest BCUT2D eigenvalue weighted by Crippen LogP contribution is 2.29. The van der Waals surface area contributed by atoms with Crippen molar-refractivity contribution in [2.75, 3.05) is 29.9 Å². The topological polar surface area (TPSA) is 86.8 Å². The quantitative estimate of drug-likeness (QED) is 0.749. The second-order valence-electron chi connectivity index (χ2n) is 8.84. The molecule has 2 amide bonds. The minimum atomic E-state index is -3.54. The SMILES string of the molecule is Cc1ccc(NC(=O)[C@H]2CC(=O)N(c3ccc(S(=O)(=O)N4CCC(C)CC4)cc3)C2)cc1. The molecule has 1 N–H and O–H groups in total. The third kappa shape index (κ3) is 4.71. The number of aryl methyl sites for hydroxylation is 1. The lowest BCUT2D eigenvalue weighted by atomic mass is 10.0. The summed E-state index contributed by atoms with van der Waals surface area (Å²) in [5.41, 5.74) is 2.41. The Kier molecular flexibility index (Phi) is 6.35. The number of carbonyl (C=O) groups excluding carboxylic acids is 2. The molecule has 0 aliphatic carbocycles. The van der Waals surface area contributed by atoms with Gasteiger partial charge in [-0.1, -0.05) is 24.6 Å². The average Bonchev–Trinajstić information content (AvgIpc) is 3.17. The molecule has 1 atom stereocenters. The molecule has 0 saturated carbocycles. The first-order chi connectivity index (χ1) is 15.2. The molecule has 0 unspecified atom stereocenters. The lowest BCUT2D eigenvalue weighted by molar-refractivity contribution is -0.122. The third-order valence-corrected chi connectivity index (χ3v) is 8.26. The van der Waals surface area contributed by atoms with E-state index in [-0.39, 0.29) is 29.7 Å². The number of piperidine rings is 1. The number of carbonyl (C=O) groups is 2. The maximum absolute atomic E-state index is 12.9. The minimum absolute atomic E-state index is 0.129. The summed E-state index contributed by atoms with van der Waals surface area (Å²) in [5, 5.41) is 2.87. The standard InChI is InChI=1S/C24H29N3O4S/c1-17-3-5-20(6-4-17)25-24(29)19-15-23(28)27(16-19)21-7-9-22(10-8-21)32(30,31)26-13-11-18(2)12-14-26/h3-10,18-19H,11-16H2,1-2H3,(H,25,29)/t19-/m0/s1. The van der Waals surface area contributed by atoms with Crippen LogP contribution in [0, 0.1) is 18.8 Å². The van der Waals surface area contributed by atoms with Crippen LogP contribution in [0.15, 0.2) is 53.4 Å². The zero-order valence-electron chi connectivity index (χ0n) is 18.5. The van der Waals surface area contributed by atoms with Crippen molar-refractivity contribution in [2.45, 2.75) is 38.0 Å². The van der Waals surface area contributed by atoms with Gasteiger partial charge >= 0.3 is 0 Å². The summed E-state index contributed by atoms with van der Waals surface area (Å²) >= 11 is 0. The van der Waals surface area contributed by atoms with Gasteiger partial charge in [0, 0.05) is 37.4 Å². The zero-order valence-corrected chi connectivity index (χ0v) is 19.3. The molecule has 32 heavy (non-hydrogen) atoms. The molecule has 170 valence electrons. The molecule has 2 saturated heterocycles. The number of benzene rings is 2. The van der Waals surface area contributed by atoms with E-state index in [9.17, 15) is 18.0 Å². The van der Waals surface area contributed by atoms with E-state index in [1.54, 1.807) is 29.2 Å². The maximum Gasteiger partial charge on any atom is 0.243 e. The van der Waals surface area contributed by atoms with Crippen LogP contribution in [0.2, 0.25) is 0 Å². The highest BCUT2D eigenvalue weighted by atomic mass is 32.2. The van der Waals surface area contributed by atoms with Gasteiger partial charge < -0.3 is 10.2 Å². The van der Waals surface area contributed by atoms with Gasteiger partial charge in [0.05, 0.1) is 10.8 Å². The van der Waals surface area contributed by atoms with Gasteiger partial charge in [-0.25, -0.2) is 8.42 Å². The Morgan fingerprint density at radius 2 is 1.62 bits per heavy atom. The summed E-state index contributed by atoms with van der Waals surface area (Å²) < 4.78 is 27.4. The highest BCUT2D eigenvalue weighted by Gasteiger charge is 2.35. The van der Waals surface area contributed by atoms with E-state index in [0.29, 0.717) is 30.4 Å². The Balaban J connectivity index is 1.42. The molecule has 2 aliphatic heterocycles. The van der Waals surface area contributed by atoms with Crippen molar-refractivity contribution in [2.24, 2.45) is 11.8 Å². The van der Waals surface area contributed by atoms with E-state index in [0.717, 1.165) is 18.4 Å². The summed E-state index contributed by atoms with van der Waals surface area (Å²) in [6.45, 7) is 5.46. The van der Waals surface area contributed by atoms with Gasteiger partial charge in [0.25, 0.3) is 0 Å². The Labute approximate surface area is 189 Å². The van der Waals surface area contributed by atoms with Crippen LogP contribution >= 0.6 is 0 Å². The van der Waals surface area contributed by atoms with Gasteiger partial charge in [-0.3, -0.25) is 9.59 Å². The van der Waals surface area contributed by atoms with Crippen LogP contribution in [0.4, 0.5) is 11.4 Å². The number of rotatable bonds is 5. The van der Waals surface area contributed by atoms with Crippen molar-refractivity contribution in [1.82, 2.24) is 4.31 Å². The van der Waals surface area contributed by atoms with Crippen LogP contribution in [0.1, 0.15) is 31.7 Å². The number of nitrogens with one attached hydrogen (secondary N) is 1. The first kappa shape index (κ1) is 22.5. The predicted octanol–water partition coefficient (Wildman–Crippen LogP) is 3.41. The van der Waals surface area contributed by atoms with Crippen LogP contribution in [0.3, 0.4) is 0 Å². The molecule has 2 aliphatic rings. The Hall–Kier alpha value is -2.71. The largest absolute Gasteiger partial charge is 0.326 e. The number of nitrogens with zero attached hydrogens (tertiary/aromatic N) is 2. The first-order valence-corrected chi connectivity index (χ1v) is 12.5. The molecule has 2 fully saturated rings. The normalized spacial score (nSPS) is 20.5. The van der Waals surface area contributed by atoms with Crippen LogP contribution in [-0.2, 0) is 19.6 Å². The number of anilines is 2. The van der Waals surface area contributed by atoms with Gasteiger partial charge in [0.1, 0.15) is 0 Å². The van der Waals surface area contributed by atoms with Crippen molar-refractivity contribution in [3.05, 3.63) is 54.1 Å². The van der Waals surface area contributed by atoms with Crippen LogP contribution in [0.5, 0.6) is 0 Å². The predicted molar refractivity (Wildman–Crippen MR) is 124 cm³/mol. The molecule has 0 radical (unpaired) electrons. The number of hydrogen-bond donors (Lipinski definition) is 1. The Bertz CT molecular complexity index is 1090. The first-order valence-electron chi connectivity index (χ1n) is 11.0. The van der Waals surface area contributed by atoms with Gasteiger partial charge in [-0.2, -0.15) is 4.31 Å². The average molecular weight is 456 g/mol. The summed E-state index contributed by atoms with van der Waals surface area (Å²) in [6, 6.07) is 13.9. The van der Waals surface area contributed by atoms with Crippen molar-refractivity contribution >= 4 is 33.2 Å². The Morgan fingerprint density at radius 1 is 1.00 bits per heavy atom. The van der Waals surface area contributed by atoms with Gasteiger partial charge in [-0.15, -0.1) is 0 Å². The van der Waals surface area contributed by atoms with Crippen molar-refractivity contribution in [3.8, 4) is 0 Å². The van der Waals surface area contributed by atoms with Crippen molar-refractivity contribution in [3.63, 3.8) is 0 Å². The molecule has 8 heteroatoms. The van der Waals surface area contributed by atoms with Gasteiger partial charge in [-0.05, 0) is 62.1 Å².